The number of nitrogens with zero attached hydrogens (tertiary/aromatic N) is 1. The van der Waals surface area contributed by atoms with Crippen molar-refractivity contribution in [3.63, 3.8) is 0 Å². The van der Waals surface area contributed by atoms with E-state index < -0.39 is 6.10 Å². The molecule has 2 rings (SSSR count). The Bertz CT molecular complexity index is 667. The minimum Gasteiger partial charge on any atom is -0.491 e. The quantitative estimate of drug-likeness (QED) is 0.627. The molecule has 0 fully saturated rings. The van der Waals surface area contributed by atoms with Gasteiger partial charge in [0.25, 0.3) is 5.91 Å². The molecular weight excluding hydrogens is 304 g/mol. The van der Waals surface area contributed by atoms with Crippen molar-refractivity contribution in [1.82, 2.24) is 5.43 Å². The molecule has 0 spiro atoms. The molecule has 0 bridgehead atoms. The molecule has 0 aliphatic rings. The van der Waals surface area contributed by atoms with E-state index in [0.717, 1.165) is 16.9 Å². The second-order valence-corrected chi connectivity index (χ2v) is 5.50. The molecule has 0 saturated carbocycles. The predicted octanol–water partition coefficient (Wildman–Crippen LogP) is 3.31. The lowest BCUT2D eigenvalue weighted by molar-refractivity contribution is -0.131. The SMILES string of the molecule is CO[C@H](C(=O)NN=Cc1ccc(OC(C)C)cc1)c1ccccc1. The van der Waals surface area contributed by atoms with Gasteiger partial charge < -0.3 is 9.47 Å². The molecule has 1 atom stereocenters. The van der Waals surface area contributed by atoms with E-state index in [9.17, 15) is 4.79 Å². The second kappa shape index (κ2) is 8.84. The second-order valence-electron chi connectivity index (χ2n) is 5.50. The average Bonchev–Trinajstić information content (AvgIpc) is 2.58. The molecule has 2 aromatic rings. The summed E-state index contributed by atoms with van der Waals surface area (Å²) in [7, 11) is 1.49. The zero-order valence-corrected chi connectivity index (χ0v) is 14.1. The number of benzene rings is 2. The fourth-order valence-corrected chi connectivity index (χ4v) is 2.16. The van der Waals surface area contributed by atoms with Gasteiger partial charge in [-0.1, -0.05) is 30.3 Å². The Kier molecular flexibility index (Phi) is 6.51. The van der Waals surface area contributed by atoms with Gasteiger partial charge in [0, 0.05) is 7.11 Å². The van der Waals surface area contributed by atoms with Crippen molar-refractivity contribution < 1.29 is 14.3 Å². The number of carbonyl (C=O) groups is 1. The average molecular weight is 326 g/mol. The van der Waals surface area contributed by atoms with Crippen molar-refractivity contribution in [3.05, 3.63) is 65.7 Å². The van der Waals surface area contributed by atoms with Crippen LogP contribution in [0.1, 0.15) is 31.1 Å². The van der Waals surface area contributed by atoms with E-state index >= 15 is 0 Å². The van der Waals surface area contributed by atoms with Crippen molar-refractivity contribution >= 4 is 12.1 Å². The largest absolute Gasteiger partial charge is 0.491 e. The molecule has 0 unspecified atom stereocenters. The molecule has 2 aromatic carbocycles. The van der Waals surface area contributed by atoms with Crippen LogP contribution in [0.25, 0.3) is 0 Å². The van der Waals surface area contributed by atoms with Crippen LogP contribution in [0.4, 0.5) is 0 Å². The van der Waals surface area contributed by atoms with Crippen molar-refractivity contribution in [2.75, 3.05) is 7.11 Å². The first-order valence-electron chi connectivity index (χ1n) is 7.77. The van der Waals surface area contributed by atoms with Crippen LogP contribution in [0.5, 0.6) is 5.75 Å². The maximum absolute atomic E-state index is 12.2. The zero-order valence-electron chi connectivity index (χ0n) is 14.1. The molecule has 1 amide bonds. The lowest BCUT2D eigenvalue weighted by Gasteiger charge is -2.13. The maximum Gasteiger partial charge on any atom is 0.273 e. The molecule has 0 heterocycles. The smallest absolute Gasteiger partial charge is 0.273 e. The van der Waals surface area contributed by atoms with Crippen LogP contribution in [0.2, 0.25) is 0 Å². The van der Waals surface area contributed by atoms with Gasteiger partial charge in [-0.3, -0.25) is 4.79 Å². The van der Waals surface area contributed by atoms with Crippen LogP contribution >= 0.6 is 0 Å². The Morgan fingerprint density at radius 1 is 1.08 bits per heavy atom. The van der Waals surface area contributed by atoms with Crippen molar-refractivity contribution in [2.45, 2.75) is 26.1 Å². The van der Waals surface area contributed by atoms with Gasteiger partial charge >= 0.3 is 0 Å². The number of hydrogen-bond acceptors (Lipinski definition) is 4. The van der Waals surface area contributed by atoms with Crippen molar-refractivity contribution in [1.29, 1.82) is 0 Å². The minimum atomic E-state index is -0.690. The first-order valence-corrected chi connectivity index (χ1v) is 7.77. The van der Waals surface area contributed by atoms with Crippen LogP contribution in [-0.4, -0.2) is 25.3 Å². The Morgan fingerprint density at radius 3 is 2.33 bits per heavy atom. The Hall–Kier alpha value is -2.66. The van der Waals surface area contributed by atoms with E-state index in [4.69, 9.17) is 9.47 Å². The van der Waals surface area contributed by atoms with Crippen molar-refractivity contribution in [3.8, 4) is 5.75 Å². The molecule has 5 nitrogen and oxygen atoms in total. The number of hydrazone groups is 1. The molecule has 0 radical (unpaired) electrons. The van der Waals surface area contributed by atoms with Crippen LogP contribution in [0.3, 0.4) is 0 Å². The standard InChI is InChI=1S/C19H22N2O3/c1-14(2)24-17-11-9-15(10-12-17)13-20-21-19(22)18(23-3)16-7-5-4-6-8-16/h4-14,18H,1-3H3,(H,21,22)/t18-/m0/s1. The number of amides is 1. The molecule has 0 aromatic heterocycles. The number of methoxy groups -OCH3 is 1. The van der Waals surface area contributed by atoms with Gasteiger partial charge in [0.15, 0.2) is 6.10 Å². The first kappa shape index (κ1) is 17.7. The Morgan fingerprint density at radius 2 is 1.75 bits per heavy atom. The summed E-state index contributed by atoms with van der Waals surface area (Å²) < 4.78 is 10.8. The normalized spacial score (nSPS) is 12.3. The monoisotopic (exact) mass is 326 g/mol. The van der Waals surface area contributed by atoms with E-state index in [-0.39, 0.29) is 12.0 Å². The lowest BCUT2D eigenvalue weighted by atomic mass is 10.1. The van der Waals surface area contributed by atoms with Gasteiger partial charge in [-0.05, 0) is 49.2 Å². The highest BCUT2D eigenvalue weighted by atomic mass is 16.5. The van der Waals surface area contributed by atoms with Gasteiger partial charge in [0.2, 0.25) is 0 Å². The molecular formula is C19H22N2O3. The highest BCUT2D eigenvalue weighted by molar-refractivity contribution is 5.85. The van der Waals surface area contributed by atoms with Crippen LogP contribution in [0, 0.1) is 0 Å². The predicted molar refractivity (Wildman–Crippen MR) is 94.1 cm³/mol. The molecule has 24 heavy (non-hydrogen) atoms. The summed E-state index contributed by atoms with van der Waals surface area (Å²) in [5.74, 6) is 0.481. The molecule has 126 valence electrons. The summed E-state index contributed by atoms with van der Waals surface area (Å²) in [6.07, 6.45) is 1.02. The molecule has 0 aliphatic carbocycles. The number of rotatable bonds is 7. The van der Waals surface area contributed by atoms with Gasteiger partial charge in [-0.15, -0.1) is 0 Å². The van der Waals surface area contributed by atoms with Gasteiger partial charge in [0.05, 0.1) is 12.3 Å². The fraction of sp³-hybridized carbons (Fsp3) is 0.263. The number of hydrogen-bond donors (Lipinski definition) is 1. The highest BCUT2D eigenvalue weighted by Crippen LogP contribution is 2.16. The first-order chi connectivity index (χ1) is 11.6. The Labute approximate surface area is 142 Å². The molecule has 0 aliphatic heterocycles. The van der Waals surface area contributed by atoms with E-state index in [0.29, 0.717) is 0 Å². The summed E-state index contributed by atoms with van der Waals surface area (Å²) in [5, 5.41) is 3.98. The third kappa shape index (κ3) is 5.21. The van der Waals surface area contributed by atoms with E-state index in [2.05, 4.69) is 10.5 Å². The number of ether oxygens (including phenoxy) is 2. The Balaban J connectivity index is 1.94. The third-order valence-electron chi connectivity index (χ3n) is 3.22. The summed E-state index contributed by atoms with van der Waals surface area (Å²) in [6.45, 7) is 3.95. The molecule has 1 N–H and O–H groups in total. The summed E-state index contributed by atoms with van der Waals surface area (Å²) >= 11 is 0. The molecule has 0 saturated heterocycles. The molecule has 5 heteroatoms. The maximum atomic E-state index is 12.2. The van der Waals surface area contributed by atoms with Gasteiger partial charge in [-0.25, -0.2) is 5.43 Å². The zero-order chi connectivity index (χ0) is 17.4. The van der Waals surface area contributed by atoms with Crippen LogP contribution < -0.4 is 10.2 Å². The van der Waals surface area contributed by atoms with Gasteiger partial charge in [-0.2, -0.15) is 5.10 Å². The number of nitrogens with one attached hydrogen (secondary N) is 1. The van der Waals surface area contributed by atoms with E-state index in [1.165, 1.54) is 7.11 Å². The van der Waals surface area contributed by atoms with Crippen LogP contribution in [-0.2, 0) is 9.53 Å². The number of carbonyl (C=O) groups excluding carboxylic acids is 1. The summed E-state index contributed by atoms with van der Waals surface area (Å²) in [4.78, 5) is 12.2. The topological polar surface area (TPSA) is 59.9 Å². The van der Waals surface area contributed by atoms with E-state index in [1.54, 1.807) is 6.21 Å². The van der Waals surface area contributed by atoms with E-state index in [1.807, 2.05) is 68.4 Å². The van der Waals surface area contributed by atoms with Crippen LogP contribution in [0.15, 0.2) is 59.7 Å². The highest BCUT2D eigenvalue weighted by Gasteiger charge is 2.18. The summed E-state index contributed by atoms with van der Waals surface area (Å²) in [5.41, 5.74) is 4.14. The van der Waals surface area contributed by atoms with Crippen molar-refractivity contribution in [2.24, 2.45) is 5.10 Å². The summed E-state index contributed by atoms with van der Waals surface area (Å²) in [6, 6.07) is 16.8. The fourth-order valence-electron chi connectivity index (χ4n) is 2.16. The van der Waals surface area contributed by atoms with Gasteiger partial charge in [0.1, 0.15) is 5.75 Å². The lowest BCUT2D eigenvalue weighted by Crippen LogP contribution is -2.26. The minimum absolute atomic E-state index is 0.132. The third-order valence-corrected chi connectivity index (χ3v) is 3.22.